The summed E-state index contributed by atoms with van der Waals surface area (Å²) in [5, 5.41) is 3.83. The molecule has 0 radical (unpaired) electrons. The molecule has 5 nitrogen and oxygen atoms in total. The fraction of sp³-hybridized carbons (Fsp3) is 0.348. The number of hydrogen-bond acceptors (Lipinski definition) is 6. The topological polar surface area (TPSA) is 59.9 Å². The Hall–Kier alpha value is -2.81. The van der Waals surface area contributed by atoms with Crippen LogP contribution >= 0.6 is 11.8 Å². The summed E-state index contributed by atoms with van der Waals surface area (Å²) in [7, 11) is 1.57. The van der Waals surface area contributed by atoms with Gasteiger partial charge in [0, 0.05) is 16.9 Å². The number of aromatic nitrogens is 3. The molecule has 32 heavy (non-hydrogen) atoms. The zero-order valence-corrected chi connectivity index (χ0v) is 18.8. The van der Waals surface area contributed by atoms with Gasteiger partial charge in [0.2, 0.25) is 5.88 Å². The Morgan fingerprint density at radius 3 is 2.62 bits per heavy atom. The van der Waals surface area contributed by atoms with Crippen LogP contribution in [0, 0.1) is 12.7 Å². The summed E-state index contributed by atoms with van der Waals surface area (Å²) < 4.78 is 46.5. The van der Waals surface area contributed by atoms with E-state index in [2.05, 4.69) is 26.3 Å². The van der Waals surface area contributed by atoms with Crippen molar-refractivity contribution in [2.75, 3.05) is 23.9 Å². The molecule has 3 heterocycles. The van der Waals surface area contributed by atoms with Crippen LogP contribution in [0.25, 0.3) is 16.6 Å². The largest absolute Gasteiger partial charge is 0.481 e. The third-order valence-corrected chi connectivity index (χ3v) is 6.27. The zero-order valence-electron chi connectivity index (χ0n) is 18.0. The molecular formula is C23H23F3N4OS. The van der Waals surface area contributed by atoms with E-state index >= 15 is 0 Å². The smallest absolute Gasteiger partial charge is 0.266 e. The van der Waals surface area contributed by atoms with Gasteiger partial charge in [-0.25, -0.2) is 23.1 Å². The fourth-order valence-corrected chi connectivity index (χ4v) is 4.62. The minimum absolute atomic E-state index is 0.140. The molecule has 9 heteroatoms. The van der Waals surface area contributed by atoms with Crippen molar-refractivity contribution >= 4 is 34.2 Å². The molecule has 1 aliphatic rings. The van der Waals surface area contributed by atoms with Gasteiger partial charge in [0.15, 0.2) is 5.65 Å². The van der Waals surface area contributed by atoms with Gasteiger partial charge in [-0.3, -0.25) is 0 Å². The molecule has 3 aromatic rings. The monoisotopic (exact) mass is 460 g/mol. The van der Waals surface area contributed by atoms with Gasteiger partial charge in [0.1, 0.15) is 17.5 Å². The van der Waals surface area contributed by atoms with Gasteiger partial charge in [-0.1, -0.05) is 24.3 Å². The molecule has 0 spiro atoms. The van der Waals surface area contributed by atoms with E-state index in [1.54, 1.807) is 21.0 Å². The summed E-state index contributed by atoms with van der Waals surface area (Å²) in [6.07, 6.45) is 0.173. The molecule has 1 aromatic carbocycles. The second-order valence-electron chi connectivity index (χ2n) is 7.51. The number of pyridine rings is 1. The van der Waals surface area contributed by atoms with Crippen molar-refractivity contribution in [1.29, 1.82) is 0 Å². The van der Waals surface area contributed by atoms with Crippen LogP contribution in [0.5, 0.6) is 5.88 Å². The second-order valence-corrected chi connectivity index (χ2v) is 8.66. The van der Waals surface area contributed by atoms with E-state index in [1.165, 1.54) is 12.1 Å². The quantitative estimate of drug-likeness (QED) is 0.479. The van der Waals surface area contributed by atoms with Crippen LogP contribution in [0.1, 0.15) is 48.3 Å². The van der Waals surface area contributed by atoms with E-state index in [1.807, 2.05) is 17.8 Å². The first kappa shape index (κ1) is 22.4. The van der Waals surface area contributed by atoms with Gasteiger partial charge >= 0.3 is 0 Å². The van der Waals surface area contributed by atoms with Gasteiger partial charge in [0.25, 0.3) is 6.43 Å². The van der Waals surface area contributed by atoms with Crippen LogP contribution < -0.4 is 10.1 Å². The molecule has 0 unspecified atom stereocenters. The number of alkyl halides is 2. The summed E-state index contributed by atoms with van der Waals surface area (Å²) in [6.45, 7) is 3.44. The molecule has 0 saturated heterocycles. The molecule has 0 aliphatic carbocycles. The van der Waals surface area contributed by atoms with Crippen LogP contribution in [-0.2, 0) is 0 Å². The van der Waals surface area contributed by atoms with E-state index in [0.29, 0.717) is 28.6 Å². The maximum atomic E-state index is 14.7. The lowest BCUT2D eigenvalue weighted by Crippen LogP contribution is -2.13. The highest BCUT2D eigenvalue weighted by Crippen LogP contribution is 2.36. The predicted octanol–water partition coefficient (Wildman–Crippen LogP) is 6.11. The lowest BCUT2D eigenvalue weighted by Gasteiger charge is -2.20. The number of allylic oxidation sites excluding steroid dienone is 1. The lowest BCUT2D eigenvalue weighted by molar-refractivity contribution is 0.146. The van der Waals surface area contributed by atoms with Crippen molar-refractivity contribution in [1.82, 2.24) is 15.0 Å². The summed E-state index contributed by atoms with van der Waals surface area (Å²) in [6, 6.07) is 5.34. The molecule has 1 atom stereocenters. The van der Waals surface area contributed by atoms with Crippen LogP contribution in [0.4, 0.5) is 19.0 Å². The molecular weight excluding hydrogens is 437 g/mol. The Kier molecular flexibility index (Phi) is 6.55. The van der Waals surface area contributed by atoms with Gasteiger partial charge in [-0.2, -0.15) is 16.7 Å². The molecule has 1 N–H and O–H groups in total. The fourth-order valence-electron chi connectivity index (χ4n) is 3.77. The molecule has 0 amide bonds. The average Bonchev–Trinajstić information content (AvgIpc) is 2.78. The van der Waals surface area contributed by atoms with Crippen molar-refractivity contribution in [3.8, 4) is 5.88 Å². The highest BCUT2D eigenvalue weighted by Gasteiger charge is 2.22. The SMILES string of the molecule is COc1nc2nc(C)nc(N[C@H](C)c3cccc(C(F)F)c3F)c2cc1C1=CCSCC1. The Morgan fingerprint density at radius 2 is 1.94 bits per heavy atom. The number of thioether (sulfide) groups is 1. The molecule has 1 aliphatic heterocycles. The standard InChI is InChI=1S/C23H23F3N4OS/c1-12(15-5-4-6-16(19(15)24)20(25)26)27-21-18-11-17(14-7-9-32-10-8-14)23(31-3)30-22(18)29-13(2)28-21/h4-7,11-12,20H,8-10H2,1-3H3,(H,27,28,29,30)/t12-/m1/s1. The highest BCUT2D eigenvalue weighted by molar-refractivity contribution is 7.99. The van der Waals surface area contributed by atoms with Crippen molar-refractivity contribution in [2.24, 2.45) is 0 Å². The summed E-state index contributed by atoms with van der Waals surface area (Å²) >= 11 is 1.86. The maximum absolute atomic E-state index is 14.7. The molecule has 4 rings (SSSR count). The Balaban J connectivity index is 1.79. The third kappa shape index (κ3) is 4.39. The number of rotatable bonds is 6. The highest BCUT2D eigenvalue weighted by atomic mass is 32.2. The van der Waals surface area contributed by atoms with Crippen molar-refractivity contribution in [3.63, 3.8) is 0 Å². The lowest BCUT2D eigenvalue weighted by atomic mass is 10.0. The summed E-state index contributed by atoms with van der Waals surface area (Å²) in [5.74, 6) is 2.45. The van der Waals surface area contributed by atoms with E-state index in [4.69, 9.17) is 4.74 Å². The van der Waals surface area contributed by atoms with E-state index in [0.717, 1.165) is 35.1 Å². The number of aryl methyl sites for hydroxylation is 1. The van der Waals surface area contributed by atoms with Gasteiger partial charge in [0.05, 0.1) is 24.1 Å². The maximum Gasteiger partial charge on any atom is 0.266 e. The first-order valence-electron chi connectivity index (χ1n) is 10.2. The Labute approximate surface area is 188 Å². The number of hydrogen-bond donors (Lipinski definition) is 1. The Bertz CT molecular complexity index is 1190. The van der Waals surface area contributed by atoms with Crippen molar-refractivity contribution in [3.05, 3.63) is 58.7 Å². The number of anilines is 1. The van der Waals surface area contributed by atoms with Crippen LogP contribution in [0.3, 0.4) is 0 Å². The zero-order chi connectivity index (χ0) is 22.8. The number of halogens is 3. The molecule has 0 bridgehead atoms. The minimum atomic E-state index is -2.88. The molecule has 0 saturated carbocycles. The first-order valence-corrected chi connectivity index (χ1v) is 11.4. The normalized spacial score (nSPS) is 15.0. The van der Waals surface area contributed by atoms with Crippen LogP contribution in [-0.4, -0.2) is 33.6 Å². The average molecular weight is 461 g/mol. The van der Waals surface area contributed by atoms with Crippen LogP contribution in [0.2, 0.25) is 0 Å². The van der Waals surface area contributed by atoms with Crippen LogP contribution in [0.15, 0.2) is 30.3 Å². The molecule has 2 aromatic heterocycles. The first-order chi connectivity index (χ1) is 15.4. The Morgan fingerprint density at radius 1 is 1.16 bits per heavy atom. The van der Waals surface area contributed by atoms with E-state index in [-0.39, 0.29) is 5.56 Å². The predicted molar refractivity (Wildman–Crippen MR) is 122 cm³/mol. The number of ether oxygens (including phenoxy) is 1. The second kappa shape index (κ2) is 9.36. The van der Waals surface area contributed by atoms with Gasteiger partial charge in [-0.05, 0) is 37.7 Å². The number of nitrogens with one attached hydrogen (secondary N) is 1. The molecule has 0 fully saturated rings. The van der Waals surface area contributed by atoms with E-state index < -0.39 is 23.8 Å². The summed E-state index contributed by atoms with van der Waals surface area (Å²) in [5.41, 5.74) is 1.98. The number of methoxy groups -OCH3 is 1. The van der Waals surface area contributed by atoms with Gasteiger partial charge in [-0.15, -0.1) is 0 Å². The van der Waals surface area contributed by atoms with E-state index in [9.17, 15) is 13.2 Å². The molecule has 168 valence electrons. The number of benzene rings is 1. The third-order valence-electron chi connectivity index (χ3n) is 5.38. The minimum Gasteiger partial charge on any atom is -0.481 e. The number of nitrogens with zero attached hydrogens (tertiary/aromatic N) is 3. The summed E-state index contributed by atoms with van der Waals surface area (Å²) in [4.78, 5) is 13.5. The number of fused-ring (bicyclic) bond motifs is 1. The van der Waals surface area contributed by atoms with Gasteiger partial charge < -0.3 is 10.1 Å². The van der Waals surface area contributed by atoms with Crippen molar-refractivity contribution in [2.45, 2.75) is 32.7 Å². The van der Waals surface area contributed by atoms with Crippen molar-refractivity contribution < 1.29 is 17.9 Å².